The highest BCUT2D eigenvalue weighted by molar-refractivity contribution is 5.91. The molecular formula is C25H28N8O4. The molecule has 0 aliphatic carbocycles. The lowest BCUT2D eigenvalue weighted by Crippen LogP contribution is -2.44. The highest BCUT2D eigenvalue weighted by Crippen LogP contribution is 2.24. The third kappa shape index (κ3) is 4.70. The summed E-state index contributed by atoms with van der Waals surface area (Å²) >= 11 is 0. The number of nitrogens with two attached hydrogens (primary N) is 1. The molecule has 192 valence electrons. The minimum Gasteiger partial charge on any atom is -0.504 e. The van der Waals surface area contributed by atoms with Crippen LogP contribution in [0.2, 0.25) is 0 Å². The first-order valence-electron chi connectivity index (χ1n) is 12.0. The van der Waals surface area contributed by atoms with Crippen molar-refractivity contribution in [3.05, 3.63) is 75.1 Å². The van der Waals surface area contributed by atoms with Crippen LogP contribution in [0.25, 0.3) is 11.2 Å². The van der Waals surface area contributed by atoms with Crippen molar-refractivity contribution < 1.29 is 9.90 Å². The number of pyridine rings is 1. The Hall–Kier alpha value is -4.45. The van der Waals surface area contributed by atoms with E-state index < -0.39 is 23.7 Å². The minimum absolute atomic E-state index is 0.0223. The summed E-state index contributed by atoms with van der Waals surface area (Å²) in [4.78, 5) is 50.3. The zero-order valence-electron chi connectivity index (χ0n) is 20.4. The Morgan fingerprint density at radius 3 is 2.68 bits per heavy atom. The standard InChI is InChI=1S/C25H28N8O4/c1-30-22-20(23(36)33(25(30)37)15-19(35)28-21-18(34)10-5-11-27-21)32(13-16-7-3-2-4-8-16)24(29-22)31-12-6-9-17(26)14-31/h2-5,7-8,10-11,17,34H,6,9,12-15,26H2,1H3,(H,27,28,35)/t17-/m1/s1. The maximum atomic E-state index is 13.7. The lowest BCUT2D eigenvalue weighted by Gasteiger charge is -2.31. The Morgan fingerprint density at radius 2 is 1.95 bits per heavy atom. The highest BCUT2D eigenvalue weighted by Gasteiger charge is 2.27. The molecule has 37 heavy (non-hydrogen) atoms. The Kier molecular flexibility index (Phi) is 6.49. The van der Waals surface area contributed by atoms with E-state index in [9.17, 15) is 19.5 Å². The van der Waals surface area contributed by atoms with Crippen LogP contribution < -0.4 is 27.2 Å². The van der Waals surface area contributed by atoms with Crippen LogP contribution >= 0.6 is 0 Å². The summed E-state index contributed by atoms with van der Waals surface area (Å²) in [5.74, 6) is -0.404. The zero-order valence-corrected chi connectivity index (χ0v) is 20.4. The molecule has 12 nitrogen and oxygen atoms in total. The van der Waals surface area contributed by atoms with Gasteiger partial charge in [-0.25, -0.2) is 14.3 Å². The van der Waals surface area contributed by atoms with Crippen molar-refractivity contribution in [2.45, 2.75) is 32.0 Å². The number of benzene rings is 1. The average molecular weight is 505 g/mol. The summed E-state index contributed by atoms with van der Waals surface area (Å²) in [6.45, 7) is 1.10. The van der Waals surface area contributed by atoms with Gasteiger partial charge in [-0.1, -0.05) is 30.3 Å². The van der Waals surface area contributed by atoms with Crippen LogP contribution in [0.1, 0.15) is 18.4 Å². The fraction of sp³-hybridized carbons (Fsp3) is 0.320. The van der Waals surface area contributed by atoms with Gasteiger partial charge in [0.1, 0.15) is 6.54 Å². The van der Waals surface area contributed by atoms with Crippen molar-refractivity contribution in [3.63, 3.8) is 0 Å². The molecule has 0 radical (unpaired) electrons. The molecular weight excluding hydrogens is 476 g/mol. The van der Waals surface area contributed by atoms with Crippen LogP contribution in [-0.4, -0.2) is 53.8 Å². The van der Waals surface area contributed by atoms with Gasteiger partial charge in [0.25, 0.3) is 5.56 Å². The van der Waals surface area contributed by atoms with E-state index in [0.717, 1.165) is 29.5 Å². The first kappa shape index (κ1) is 24.3. The van der Waals surface area contributed by atoms with Crippen molar-refractivity contribution in [2.24, 2.45) is 12.8 Å². The Labute approximate surface area is 211 Å². The average Bonchev–Trinajstić information content (AvgIpc) is 3.27. The van der Waals surface area contributed by atoms with E-state index in [0.29, 0.717) is 19.0 Å². The molecule has 1 aromatic carbocycles. The highest BCUT2D eigenvalue weighted by atomic mass is 16.3. The number of aryl methyl sites for hydroxylation is 1. The normalized spacial score (nSPS) is 15.7. The number of fused-ring (bicyclic) bond motifs is 1. The number of hydrogen-bond donors (Lipinski definition) is 3. The number of nitrogens with zero attached hydrogens (tertiary/aromatic N) is 6. The van der Waals surface area contributed by atoms with Crippen molar-refractivity contribution in [1.82, 2.24) is 23.7 Å². The summed E-state index contributed by atoms with van der Waals surface area (Å²) in [5.41, 5.74) is 6.33. The fourth-order valence-electron chi connectivity index (χ4n) is 4.66. The lowest BCUT2D eigenvalue weighted by molar-refractivity contribution is -0.116. The van der Waals surface area contributed by atoms with Crippen molar-refractivity contribution in [1.29, 1.82) is 0 Å². The minimum atomic E-state index is -0.677. The Bertz CT molecular complexity index is 1570. The molecule has 0 unspecified atom stereocenters. The number of aromatic nitrogens is 5. The number of rotatable bonds is 6. The van der Waals surface area contributed by atoms with Crippen LogP contribution in [0, 0.1) is 0 Å². The van der Waals surface area contributed by atoms with Gasteiger partial charge in [0.15, 0.2) is 22.7 Å². The van der Waals surface area contributed by atoms with Gasteiger partial charge >= 0.3 is 5.69 Å². The topological polar surface area (TPSA) is 153 Å². The molecule has 1 atom stereocenters. The van der Waals surface area contributed by atoms with E-state index in [-0.39, 0.29) is 28.8 Å². The fourth-order valence-corrected chi connectivity index (χ4v) is 4.66. The van der Waals surface area contributed by atoms with Crippen molar-refractivity contribution in [3.8, 4) is 5.75 Å². The molecule has 5 rings (SSSR count). The van der Waals surface area contributed by atoms with E-state index in [1.165, 1.54) is 29.9 Å². The van der Waals surface area contributed by atoms with Crippen LogP contribution in [0.3, 0.4) is 0 Å². The number of anilines is 2. The van der Waals surface area contributed by atoms with Gasteiger partial charge in [-0.2, -0.15) is 4.98 Å². The molecule has 0 spiro atoms. The van der Waals surface area contributed by atoms with E-state index in [1.54, 1.807) is 4.57 Å². The molecule has 1 aliphatic heterocycles. The molecule has 4 aromatic rings. The number of carbonyl (C=O) groups excluding carboxylic acids is 1. The van der Waals surface area contributed by atoms with Gasteiger partial charge in [0, 0.05) is 32.4 Å². The van der Waals surface area contributed by atoms with Gasteiger partial charge < -0.3 is 21.1 Å². The summed E-state index contributed by atoms with van der Waals surface area (Å²) in [6, 6.07) is 12.5. The van der Waals surface area contributed by atoms with E-state index >= 15 is 0 Å². The number of aromatic hydroxyl groups is 1. The third-order valence-corrected chi connectivity index (χ3v) is 6.48. The number of imidazole rings is 1. The summed E-state index contributed by atoms with van der Waals surface area (Å²) < 4.78 is 3.94. The maximum absolute atomic E-state index is 13.7. The third-order valence-electron chi connectivity index (χ3n) is 6.48. The molecule has 4 heterocycles. The van der Waals surface area contributed by atoms with E-state index in [1.807, 2.05) is 35.2 Å². The molecule has 1 aliphatic rings. The van der Waals surface area contributed by atoms with Crippen LogP contribution in [0.15, 0.2) is 58.3 Å². The second kappa shape index (κ2) is 9.90. The second-order valence-corrected chi connectivity index (χ2v) is 9.16. The zero-order chi connectivity index (χ0) is 26.1. The number of nitrogens with one attached hydrogen (secondary N) is 1. The SMILES string of the molecule is Cn1c(=O)n(CC(=O)Nc2ncccc2O)c(=O)c2c1nc(N1CCC[C@@H](N)C1)n2Cc1ccccc1. The number of piperidine rings is 1. The molecule has 1 fully saturated rings. The number of carbonyl (C=O) groups is 1. The molecule has 1 amide bonds. The van der Waals surface area contributed by atoms with Gasteiger partial charge in [0.05, 0.1) is 6.54 Å². The largest absolute Gasteiger partial charge is 0.504 e. The van der Waals surface area contributed by atoms with Crippen molar-refractivity contribution in [2.75, 3.05) is 23.3 Å². The predicted octanol–water partition coefficient (Wildman–Crippen LogP) is 0.612. The Morgan fingerprint density at radius 1 is 1.16 bits per heavy atom. The van der Waals surface area contributed by atoms with Gasteiger partial charge in [-0.05, 0) is 30.5 Å². The molecule has 1 saturated heterocycles. The van der Waals surface area contributed by atoms with E-state index in [2.05, 4.69) is 10.3 Å². The quantitative estimate of drug-likeness (QED) is 0.345. The first-order chi connectivity index (χ1) is 17.8. The molecule has 0 saturated carbocycles. The van der Waals surface area contributed by atoms with Crippen LogP contribution in [0.5, 0.6) is 5.75 Å². The van der Waals surface area contributed by atoms with Crippen LogP contribution in [0.4, 0.5) is 11.8 Å². The van der Waals surface area contributed by atoms with Crippen molar-refractivity contribution >= 4 is 28.8 Å². The molecule has 4 N–H and O–H groups in total. The number of hydrogen-bond acceptors (Lipinski definition) is 8. The predicted molar refractivity (Wildman–Crippen MR) is 139 cm³/mol. The molecule has 0 bridgehead atoms. The lowest BCUT2D eigenvalue weighted by atomic mass is 10.1. The summed E-state index contributed by atoms with van der Waals surface area (Å²) in [7, 11) is 1.52. The molecule has 3 aromatic heterocycles. The smallest absolute Gasteiger partial charge is 0.332 e. The molecule has 12 heteroatoms. The van der Waals surface area contributed by atoms with Gasteiger partial charge in [-0.15, -0.1) is 0 Å². The van der Waals surface area contributed by atoms with Gasteiger partial charge in [0.2, 0.25) is 11.9 Å². The number of amides is 1. The maximum Gasteiger partial charge on any atom is 0.332 e. The summed E-state index contributed by atoms with van der Waals surface area (Å²) in [6.07, 6.45) is 3.20. The van der Waals surface area contributed by atoms with Crippen LogP contribution in [-0.2, 0) is 24.9 Å². The monoisotopic (exact) mass is 504 g/mol. The van der Waals surface area contributed by atoms with Gasteiger partial charge in [-0.3, -0.25) is 18.7 Å². The van der Waals surface area contributed by atoms with E-state index in [4.69, 9.17) is 10.7 Å². The Balaban J connectivity index is 1.62. The first-order valence-corrected chi connectivity index (χ1v) is 12.0. The summed E-state index contributed by atoms with van der Waals surface area (Å²) in [5, 5.41) is 12.3. The second-order valence-electron chi connectivity index (χ2n) is 9.16.